The van der Waals surface area contributed by atoms with Gasteiger partial charge in [0.25, 0.3) is 0 Å². The SMILES string of the molecule is CN(CCOc1ccc2c(c1)CCC2N1CCCC1)c1ccncn1. The van der Waals surface area contributed by atoms with Crippen molar-refractivity contribution in [1.82, 2.24) is 14.9 Å². The Bertz CT molecular complexity index is 700. The summed E-state index contributed by atoms with van der Waals surface area (Å²) >= 11 is 0. The largest absolute Gasteiger partial charge is 0.492 e. The van der Waals surface area contributed by atoms with E-state index in [4.69, 9.17) is 4.74 Å². The Balaban J connectivity index is 1.33. The average molecular weight is 338 g/mol. The number of benzene rings is 1. The highest BCUT2D eigenvalue weighted by molar-refractivity contribution is 5.41. The number of likely N-dealkylation sites (N-methyl/N-ethyl adjacent to an activating group) is 1. The van der Waals surface area contributed by atoms with Crippen LogP contribution in [0.4, 0.5) is 5.82 Å². The van der Waals surface area contributed by atoms with Crippen molar-refractivity contribution in [2.45, 2.75) is 31.7 Å². The molecule has 5 heteroatoms. The molecular weight excluding hydrogens is 312 g/mol. The van der Waals surface area contributed by atoms with Crippen LogP contribution in [0.15, 0.2) is 36.8 Å². The molecule has 0 saturated carbocycles. The first-order valence-electron chi connectivity index (χ1n) is 9.28. The second-order valence-corrected chi connectivity index (χ2v) is 7.00. The van der Waals surface area contributed by atoms with E-state index in [0.29, 0.717) is 12.6 Å². The van der Waals surface area contributed by atoms with E-state index in [0.717, 1.165) is 18.1 Å². The first-order chi connectivity index (χ1) is 12.3. The third-order valence-corrected chi connectivity index (χ3v) is 5.39. The minimum atomic E-state index is 0.635. The molecule has 25 heavy (non-hydrogen) atoms. The van der Waals surface area contributed by atoms with Crippen molar-refractivity contribution in [3.8, 4) is 5.75 Å². The standard InChI is InChI=1S/C20H26N4O/c1-23(20-8-9-21-15-22-20)12-13-25-17-5-6-18-16(14-17)4-7-19(18)24-10-2-3-11-24/h5-6,8-9,14-15,19H,2-4,7,10-13H2,1H3. The third kappa shape index (κ3) is 3.61. The quantitative estimate of drug-likeness (QED) is 0.810. The van der Waals surface area contributed by atoms with E-state index >= 15 is 0 Å². The highest BCUT2D eigenvalue weighted by atomic mass is 16.5. The van der Waals surface area contributed by atoms with Crippen LogP contribution in [0.3, 0.4) is 0 Å². The first kappa shape index (κ1) is 16.3. The summed E-state index contributed by atoms with van der Waals surface area (Å²) in [5, 5.41) is 0. The molecule has 1 saturated heterocycles. The molecule has 0 spiro atoms. The number of aromatic nitrogens is 2. The van der Waals surface area contributed by atoms with Crippen LogP contribution in [0, 0.1) is 0 Å². The second kappa shape index (κ2) is 7.40. The van der Waals surface area contributed by atoms with E-state index in [1.165, 1.54) is 49.9 Å². The van der Waals surface area contributed by atoms with Gasteiger partial charge in [0.1, 0.15) is 24.5 Å². The van der Waals surface area contributed by atoms with Crippen LogP contribution in [0.5, 0.6) is 5.75 Å². The highest BCUT2D eigenvalue weighted by Gasteiger charge is 2.29. The number of anilines is 1. The van der Waals surface area contributed by atoms with Crippen LogP contribution in [0.2, 0.25) is 0 Å². The van der Waals surface area contributed by atoms with Crippen molar-refractivity contribution in [3.63, 3.8) is 0 Å². The summed E-state index contributed by atoms with van der Waals surface area (Å²) in [6, 6.07) is 9.21. The van der Waals surface area contributed by atoms with E-state index in [-0.39, 0.29) is 0 Å². The molecule has 2 aliphatic rings. The molecule has 1 fully saturated rings. The summed E-state index contributed by atoms with van der Waals surface area (Å²) in [5.41, 5.74) is 2.99. The van der Waals surface area contributed by atoms with Crippen molar-refractivity contribution in [1.29, 1.82) is 0 Å². The van der Waals surface area contributed by atoms with Crippen LogP contribution >= 0.6 is 0 Å². The molecule has 132 valence electrons. The van der Waals surface area contributed by atoms with Gasteiger partial charge in [0, 0.05) is 19.3 Å². The molecule has 0 N–H and O–H groups in total. The third-order valence-electron chi connectivity index (χ3n) is 5.39. The summed E-state index contributed by atoms with van der Waals surface area (Å²) in [5.74, 6) is 1.90. The molecule has 2 heterocycles. The van der Waals surface area contributed by atoms with Crippen LogP contribution in [0.1, 0.15) is 36.4 Å². The van der Waals surface area contributed by atoms with E-state index < -0.39 is 0 Å². The molecule has 0 amide bonds. The number of likely N-dealkylation sites (tertiary alicyclic amines) is 1. The lowest BCUT2D eigenvalue weighted by Crippen LogP contribution is -2.24. The maximum absolute atomic E-state index is 5.99. The minimum absolute atomic E-state index is 0.635. The monoisotopic (exact) mass is 338 g/mol. The summed E-state index contributed by atoms with van der Waals surface area (Å²) < 4.78 is 5.99. The smallest absolute Gasteiger partial charge is 0.131 e. The molecule has 1 aliphatic carbocycles. The summed E-state index contributed by atoms with van der Waals surface area (Å²) in [6.45, 7) is 3.97. The highest BCUT2D eigenvalue weighted by Crippen LogP contribution is 2.38. The Labute approximate surface area is 149 Å². The van der Waals surface area contributed by atoms with Gasteiger partial charge in [0.05, 0.1) is 6.54 Å². The fourth-order valence-electron chi connectivity index (χ4n) is 4.02. The number of fused-ring (bicyclic) bond motifs is 1. The number of aryl methyl sites for hydroxylation is 1. The number of rotatable bonds is 6. The molecule has 2 aromatic rings. The van der Waals surface area contributed by atoms with Crippen molar-refractivity contribution in [3.05, 3.63) is 47.9 Å². The van der Waals surface area contributed by atoms with E-state index in [9.17, 15) is 0 Å². The zero-order valence-corrected chi connectivity index (χ0v) is 14.9. The van der Waals surface area contributed by atoms with E-state index in [1.807, 2.05) is 13.1 Å². The van der Waals surface area contributed by atoms with Gasteiger partial charge in [-0.05, 0) is 68.1 Å². The zero-order valence-electron chi connectivity index (χ0n) is 14.9. The molecule has 1 aliphatic heterocycles. The van der Waals surface area contributed by atoms with E-state index in [2.05, 4.69) is 38.0 Å². The predicted octanol–water partition coefficient (Wildman–Crippen LogP) is 3.07. The van der Waals surface area contributed by atoms with Gasteiger partial charge in [-0.15, -0.1) is 0 Å². The molecule has 1 atom stereocenters. The molecule has 1 aromatic heterocycles. The van der Waals surface area contributed by atoms with Crippen molar-refractivity contribution in [2.24, 2.45) is 0 Å². The molecule has 5 nitrogen and oxygen atoms in total. The summed E-state index contributed by atoms with van der Waals surface area (Å²) in [6.07, 6.45) is 8.48. The first-order valence-corrected chi connectivity index (χ1v) is 9.28. The van der Waals surface area contributed by atoms with Crippen molar-refractivity contribution < 1.29 is 4.74 Å². The molecular formula is C20H26N4O. The Hall–Kier alpha value is -2.14. The molecule has 1 aromatic carbocycles. The van der Waals surface area contributed by atoms with Crippen LogP contribution in [0.25, 0.3) is 0 Å². The lowest BCUT2D eigenvalue weighted by Gasteiger charge is -2.24. The van der Waals surface area contributed by atoms with Gasteiger partial charge in [-0.3, -0.25) is 4.90 Å². The number of ether oxygens (including phenoxy) is 1. The minimum Gasteiger partial charge on any atom is -0.492 e. The Kier molecular flexibility index (Phi) is 4.83. The Morgan fingerprint density at radius 2 is 2.12 bits per heavy atom. The lowest BCUT2D eigenvalue weighted by molar-refractivity contribution is 0.245. The van der Waals surface area contributed by atoms with Gasteiger partial charge in [-0.2, -0.15) is 0 Å². The lowest BCUT2D eigenvalue weighted by atomic mass is 10.1. The van der Waals surface area contributed by atoms with Crippen LogP contribution in [-0.2, 0) is 6.42 Å². The topological polar surface area (TPSA) is 41.5 Å². The van der Waals surface area contributed by atoms with Gasteiger partial charge < -0.3 is 9.64 Å². The maximum atomic E-state index is 5.99. The normalized spacial score (nSPS) is 19.8. The van der Waals surface area contributed by atoms with Gasteiger partial charge in [0.2, 0.25) is 0 Å². The predicted molar refractivity (Wildman–Crippen MR) is 99.1 cm³/mol. The van der Waals surface area contributed by atoms with Gasteiger partial charge in [0.15, 0.2) is 0 Å². The Morgan fingerprint density at radius 3 is 2.92 bits per heavy atom. The van der Waals surface area contributed by atoms with Gasteiger partial charge >= 0.3 is 0 Å². The van der Waals surface area contributed by atoms with Gasteiger partial charge in [-0.25, -0.2) is 9.97 Å². The number of nitrogens with zero attached hydrogens (tertiary/aromatic N) is 4. The molecule has 0 radical (unpaired) electrons. The van der Waals surface area contributed by atoms with E-state index in [1.54, 1.807) is 12.5 Å². The molecule has 1 unspecified atom stereocenters. The number of hydrogen-bond donors (Lipinski definition) is 0. The summed E-state index contributed by atoms with van der Waals surface area (Å²) in [7, 11) is 2.02. The van der Waals surface area contributed by atoms with Crippen LogP contribution < -0.4 is 9.64 Å². The van der Waals surface area contributed by atoms with Crippen LogP contribution in [-0.4, -0.2) is 48.2 Å². The maximum Gasteiger partial charge on any atom is 0.131 e. The fourth-order valence-corrected chi connectivity index (χ4v) is 4.02. The molecule has 4 rings (SSSR count). The second-order valence-electron chi connectivity index (χ2n) is 7.00. The van der Waals surface area contributed by atoms with Gasteiger partial charge in [-0.1, -0.05) is 6.07 Å². The summed E-state index contributed by atoms with van der Waals surface area (Å²) in [4.78, 5) is 12.9. The van der Waals surface area contributed by atoms with Crippen molar-refractivity contribution >= 4 is 5.82 Å². The fraction of sp³-hybridized carbons (Fsp3) is 0.500. The molecule has 0 bridgehead atoms. The average Bonchev–Trinajstić information content (AvgIpc) is 3.31. The number of hydrogen-bond acceptors (Lipinski definition) is 5. The van der Waals surface area contributed by atoms with Crippen molar-refractivity contribution in [2.75, 3.05) is 38.2 Å². The zero-order chi connectivity index (χ0) is 17.1. The Morgan fingerprint density at radius 1 is 1.24 bits per heavy atom.